The molecular formula is C29H38ClN3O4S. The van der Waals surface area contributed by atoms with E-state index in [4.69, 9.17) is 11.6 Å². The minimum atomic E-state index is -0.697. The summed E-state index contributed by atoms with van der Waals surface area (Å²) in [5.74, 6) is -1.24. The van der Waals surface area contributed by atoms with E-state index >= 15 is 0 Å². The van der Waals surface area contributed by atoms with Crippen LogP contribution in [0.25, 0.3) is 0 Å². The van der Waals surface area contributed by atoms with Gasteiger partial charge in [0.2, 0.25) is 11.8 Å². The molecule has 1 N–H and O–H groups in total. The van der Waals surface area contributed by atoms with Crippen LogP contribution in [0.15, 0.2) is 49.6 Å². The molecule has 1 spiro atoms. The zero-order chi connectivity index (χ0) is 27.6. The number of likely N-dealkylation sites (tertiary alicyclic amines) is 1. The topological polar surface area (TPSA) is 81.2 Å². The number of hydrogen-bond acceptors (Lipinski definition) is 5. The number of aliphatic hydroxyl groups excluding tert-OH is 1. The number of nitrogens with zero attached hydrogens (tertiary/aromatic N) is 3. The van der Waals surface area contributed by atoms with Gasteiger partial charge in [-0.3, -0.25) is 14.4 Å². The zero-order valence-electron chi connectivity index (χ0n) is 22.2. The Morgan fingerprint density at radius 1 is 1.16 bits per heavy atom. The third kappa shape index (κ3) is 4.80. The Kier molecular flexibility index (Phi) is 8.95. The van der Waals surface area contributed by atoms with E-state index in [1.165, 1.54) is 0 Å². The first-order valence-corrected chi connectivity index (χ1v) is 14.6. The van der Waals surface area contributed by atoms with Crippen LogP contribution in [0.2, 0.25) is 5.02 Å². The fourth-order valence-electron chi connectivity index (χ4n) is 6.65. The Bertz CT molecular complexity index is 1080. The second-order valence-corrected chi connectivity index (χ2v) is 12.6. The molecule has 3 aliphatic rings. The molecule has 3 amide bonds. The van der Waals surface area contributed by atoms with Gasteiger partial charge in [0.15, 0.2) is 0 Å². The molecule has 1 aromatic carbocycles. The van der Waals surface area contributed by atoms with E-state index < -0.39 is 22.6 Å². The van der Waals surface area contributed by atoms with Crippen LogP contribution in [0.5, 0.6) is 0 Å². The lowest BCUT2D eigenvalue weighted by atomic mass is 9.65. The molecule has 0 aromatic heterocycles. The number of benzene rings is 1. The van der Waals surface area contributed by atoms with Gasteiger partial charge in [-0.2, -0.15) is 0 Å². The lowest BCUT2D eigenvalue weighted by molar-refractivity contribution is -0.143. The molecule has 0 radical (unpaired) electrons. The highest BCUT2D eigenvalue weighted by molar-refractivity contribution is 8.02. The molecule has 3 aliphatic heterocycles. The Morgan fingerprint density at radius 3 is 2.47 bits per heavy atom. The third-order valence-electron chi connectivity index (χ3n) is 8.32. The quantitative estimate of drug-likeness (QED) is 0.309. The minimum Gasteiger partial charge on any atom is -0.396 e. The van der Waals surface area contributed by atoms with E-state index in [0.29, 0.717) is 36.6 Å². The SMILES string of the molecule is C=CCN(C)C(=O)[C@@H]1[C@@H]2CC(C)C3(S2)C(C(=O)N(CC=C)c2ccc(Cl)cc2)N(CCCCCO)C(=O)[C@H]13. The molecule has 2 bridgehead atoms. The van der Waals surface area contributed by atoms with Crippen LogP contribution in [0.1, 0.15) is 32.6 Å². The predicted octanol–water partition coefficient (Wildman–Crippen LogP) is 4.00. The van der Waals surface area contributed by atoms with Crippen LogP contribution < -0.4 is 4.90 Å². The number of carbonyl (C=O) groups excluding carboxylic acids is 3. The number of thioether (sulfide) groups is 1. The summed E-state index contributed by atoms with van der Waals surface area (Å²) < 4.78 is -0.684. The largest absolute Gasteiger partial charge is 0.396 e. The smallest absolute Gasteiger partial charge is 0.251 e. The molecule has 6 atom stereocenters. The molecular weight excluding hydrogens is 522 g/mol. The van der Waals surface area contributed by atoms with Crippen molar-refractivity contribution in [2.75, 3.05) is 38.2 Å². The molecule has 9 heteroatoms. The summed E-state index contributed by atoms with van der Waals surface area (Å²) in [6, 6.07) is 6.41. The monoisotopic (exact) mass is 559 g/mol. The first-order valence-electron chi connectivity index (χ1n) is 13.4. The average molecular weight is 560 g/mol. The predicted molar refractivity (Wildman–Crippen MR) is 153 cm³/mol. The maximum Gasteiger partial charge on any atom is 0.251 e. The van der Waals surface area contributed by atoms with Gasteiger partial charge in [0.25, 0.3) is 5.91 Å². The van der Waals surface area contributed by atoms with E-state index in [2.05, 4.69) is 20.1 Å². The number of aliphatic hydroxyl groups is 1. The van der Waals surface area contributed by atoms with Crippen molar-refractivity contribution in [2.45, 2.75) is 48.6 Å². The van der Waals surface area contributed by atoms with Gasteiger partial charge in [0, 0.05) is 49.2 Å². The van der Waals surface area contributed by atoms with Crippen molar-refractivity contribution in [3.63, 3.8) is 0 Å². The van der Waals surface area contributed by atoms with Gasteiger partial charge in [-0.1, -0.05) is 30.7 Å². The number of anilines is 1. The van der Waals surface area contributed by atoms with E-state index in [1.807, 2.05) is 0 Å². The molecule has 7 nitrogen and oxygen atoms in total. The molecule has 1 aromatic rings. The van der Waals surface area contributed by atoms with Crippen LogP contribution >= 0.6 is 23.4 Å². The number of carbonyl (C=O) groups is 3. The first-order chi connectivity index (χ1) is 18.2. The summed E-state index contributed by atoms with van der Waals surface area (Å²) in [6.45, 7) is 11.0. The normalized spacial score (nSPS) is 29.3. The van der Waals surface area contributed by atoms with Crippen molar-refractivity contribution in [1.29, 1.82) is 0 Å². The minimum absolute atomic E-state index is 0.00561. The maximum absolute atomic E-state index is 14.5. The molecule has 3 unspecified atom stereocenters. The van der Waals surface area contributed by atoms with Crippen molar-refractivity contribution >= 4 is 46.8 Å². The van der Waals surface area contributed by atoms with Gasteiger partial charge >= 0.3 is 0 Å². The summed E-state index contributed by atoms with van der Waals surface area (Å²) in [6.07, 6.45) is 6.23. The second-order valence-electron chi connectivity index (χ2n) is 10.6. The number of hydrogen-bond donors (Lipinski definition) is 1. The average Bonchev–Trinajstić information content (AvgIpc) is 3.49. The van der Waals surface area contributed by atoms with Gasteiger partial charge in [-0.25, -0.2) is 0 Å². The number of unbranched alkanes of at least 4 members (excludes halogenated alkanes) is 2. The molecule has 3 heterocycles. The summed E-state index contributed by atoms with van der Waals surface area (Å²) >= 11 is 7.80. The van der Waals surface area contributed by atoms with Crippen molar-refractivity contribution in [1.82, 2.24) is 9.80 Å². The molecule has 38 heavy (non-hydrogen) atoms. The second kappa shape index (κ2) is 11.8. The van der Waals surface area contributed by atoms with Crippen LogP contribution in [0, 0.1) is 17.8 Å². The lowest BCUT2D eigenvalue weighted by Gasteiger charge is -2.41. The van der Waals surface area contributed by atoms with E-state index in [1.54, 1.807) is 69.9 Å². The van der Waals surface area contributed by atoms with Crippen LogP contribution in [0.3, 0.4) is 0 Å². The zero-order valence-corrected chi connectivity index (χ0v) is 23.8. The van der Waals surface area contributed by atoms with Gasteiger partial charge in [-0.05, 0) is 55.9 Å². The van der Waals surface area contributed by atoms with Gasteiger partial charge < -0.3 is 19.8 Å². The highest BCUT2D eigenvalue weighted by atomic mass is 35.5. The summed E-state index contributed by atoms with van der Waals surface area (Å²) in [5.41, 5.74) is 0.690. The molecule has 0 saturated carbocycles. The summed E-state index contributed by atoms with van der Waals surface area (Å²) in [5, 5.41) is 9.82. The van der Waals surface area contributed by atoms with E-state index in [-0.39, 0.29) is 42.0 Å². The Morgan fingerprint density at radius 2 is 1.84 bits per heavy atom. The van der Waals surface area contributed by atoms with Crippen molar-refractivity contribution < 1.29 is 19.5 Å². The Balaban J connectivity index is 1.76. The van der Waals surface area contributed by atoms with Crippen molar-refractivity contribution in [3.8, 4) is 0 Å². The fourth-order valence-corrected chi connectivity index (χ4v) is 9.19. The van der Waals surface area contributed by atoms with E-state index in [0.717, 1.165) is 12.8 Å². The highest BCUT2D eigenvalue weighted by Crippen LogP contribution is 2.69. The van der Waals surface area contributed by atoms with Crippen LogP contribution in [-0.4, -0.2) is 82.0 Å². The third-order valence-corrected chi connectivity index (χ3v) is 10.6. The van der Waals surface area contributed by atoms with Crippen LogP contribution in [-0.2, 0) is 14.4 Å². The number of amides is 3. The van der Waals surface area contributed by atoms with Crippen LogP contribution in [0.4, 0.5) is 5.69 Å². The van der Waals surface area contributed by atoms with Crippen molar-refractivity contribution in [2.24, 2.45) is 17.8 Å². The maximum atomic E-state index is 14.5. The number of likely N-dealkylation sites (N-methyl/N-ethyl adjacent to an activating group) is 1. The molecule has 3 saturated heterocycles. The van der Waals surface area contributed by atoms with Crippen molar-refractivity contribution in [3.05, 3.63) is 54.6 Å². The summed E-state index contributed by atoms with van der Waals surface area (Å²) in [4.78, 5) is 47.5. The molecule has 3 fully saturated rings. The number of halogens is 1. The Hall–Kier alpha value is -2.29. The highest BCUT2D eigenvalue weighted by Gasteiger charge is 2.76. The standard InChI is InChI=1S/C29H38ClN3O4S/c1-5-14-31(4)26(35)23-22-18-19(3)29(38-22)24(23)27(36)33(16-8-7-9-17-34)25(29)28(37)32(15-6-2)21-12-10-20(30)11-13-21/h5-6,10-13,19,22-25,34H,1-2,7-9,14-18H2,3-4H3/t19?,22-,23+,24-,25?,29?/m0/s1. The van der Waals surface area contributed by atoms with Gasteiger partial charge in [0.05, 0.1) is 16.6 Å². The molecule has 0 aliphatic carbocycles. The first kappa shape index (κ1) is 28.7. The van der Waals surface area contributed by atoms with Gasteiger partial charge in [0.1, 0.15) is 6.04 Å². The fraction of sp³-hybridized carbons (Fsp3) is 0.552. The van der Waals surface area contributed by atoms with E-state index in [9.17, 15) is 19.5 Å². The number of fused-ring (bicyclic) bond motifs is 1. The summed E-state index contributed by atoms with van der Waals surface area (Å²) in [7, 11) is 1.75. The Labute approximate surface area is 234 Å². The lowest BCUT2D eigenvalue weighted by Crippen LogP contribution is -2.57. The van der Waals surface area contributed by atoms with Gasteiger partial charge in [-0.15, -0.1) is 24.9 Å². The molecule has 4 rings (SSSR count). The number of rotatable bonds is 12. The molecule has 206 valence electrons.